The Morgan fingerprint density at radius 3 is 1.72 bits per heavy atom. The van der Waals surface area contributed by atoms with Crippen LogP contribution in [-0.2, 0) is 9.84 Å². The lowest BCUT2D eigenvalue weighted by molar-refractivity contribution is -0.384. The number of rotatable bonds is 7. The van der Waals surface area contributed by atoms with E-state index in [4.69, 9.17) is 28.9 Å². The molecule has 0 aliphatic rings. The summed E-state index contributed by atoms with van der Waals surface area (Å²) in [5.41, 5.74) is 6.51. The Labute approximate surface area is 232 Å². The molecule has 4 aromatic carbocycles. The van der Waals surface area contributed by atoms with Crippen molar-refractivity contribution in [3.05, 3.63) is 117 Å². The molecule has 3 amide bonds. The highest BCUT2D eigenvalue weighted by Gasteiger charge is 2.21. The topological polar surface area (TPSA) is 153 Å². The first-order chi connectivity index (χ1) is 18.5. The van der Waals surface area contributed by atoms with Gasteiger partial charge >= 0.3 is 6.03 Å². The number of nitrogens with two attached hydrogens (primary N) is 1. The van der Waals surface area contributed by atoms with Crippen molar-refractivity contribution in [3.8, 4) is 0 Å². The average Bonchev–Trinajstić information content (AvgIpc) is 2.90. The predicted octanol–water partition coefficient (Wildman–Crippen LogP) is 6.20. The molecule has 198 valence electrons. The van der Waals surface area contributed by atoms with E-state index < -0.39 is 26.7 Å². The smallest absolute Gasteiger partial charge is 0.323 e. The molecule has 10 nitrogen and oxygen atoms in total. The summed E-state index contributed by atoms with van der Waals surface area (Å²) in [7, 11) is -3.97. The summed E-state index contributed by atoms with van der Waals surface area (Å²) >= 11 is 12.2. The summed E-state index contributed by atoms with van der Waals surface area (Å²) in [5, 5.41) is 13.9. The summed E-state index contributed by atoms with van der Waals surface area (Å²) in [6.07, 6.45) is 0. The fourth-order valence-corrected chi connectivity index (χ4v) is 5.49. The van der Waals surface area contributed by atoms with Crippen LogP contribution in [-0.4, -0.2) is 25.3 Å². The minimum atomic E-state index is -3.97. The SMILES string of the molecule is NC(=O)N(c1ccc(NC(=O)c2c(Cl)cccc2Cl)cc1)c1ccc(S(=O)(=O)c2ccc([N+](=O)[O-])cc2)cc1. The maximum atomic E-state index is 12.9. The fourth-order valence-electron chi connectivity index (χ4n) is 3.66. The van der Waals surface area contributed by atoms with E-state index in [0.717, 1.165) is 29.2 Å². The van der Waals surface area contributed by atoms with E-state index in [0.29, 0.717) is 11.4 Å². The van der Waals surface area contributed by atoms with Crippen molar-refractivity contribution in [1.82, 2.24) is 0 Å². The van der Waals surface area contributed by atoms with Gasteiger partial charge in [0.15, 0.2) is 0 Å². The maximum absolute atomic E-state index is 12.9. The number of nitro groups is 1. The van der Waals surface area contributed by atoms with Crippen LogP contribution in [0.4, 0.5) is 27.5 Å². The van der Waals surface area contributed by atoms with Crippen molar-refractivity contribution in [3.63, 3.8) is 0 Å². The minimum Gasteiger partial charge on any atom is -0.351 e. The molecule has 0 unspecified atom stereocenters. The lowest BCUT2D eigenvalue weighted by Gasteiger charge is -2.21. The molecule has 0 aliphatic heterocycles. The zero-order valence-electron chi connectivity index (χ0n) is 19.7. The number of carbonyl (C=O) groups excluding carboxylic acids is 2. The van der Waals surface area contributed by atoms with Crippen molar-refractivity contribution in [2.45, 2.75) is 9.79 Å². The number of non-ortho nitro benzene ring substituents is 1. The molecule has 0 saturated carbocycles. The second-order valence-corrected chi connectivity index (χ2v) is 10.8. The highest BCUT2D eigenvalue weighted by atomic mass is 35.5. The standard InChI is InChI=1S/C26H18Cl2N4O6S/c27-22-2-1-3-23(28)24(22)25(33)30-16-4-6-17(7-5-16)31(26(29)34)18-8-12-20(13-9-18)39(37,38)21-14-10-19(11-15-21)32(35)36/h1-15H,(H2,29,34)(H,30,33). The molecule has 0 bridgehead atoms. The van der Waals surface area contributed by atoms with Gasteiger partial charge in [-0.05, 0) is 72.8 Å². The number of nitrogens with one attached hydrogen (secondary N) is 1. The Balaban J connectivity index is 1.55. The Morgan fingerprint density at radius 2 is 1.26 bits per heavy atom. The van der Waals surface area contributed by atoms with Gasteiger partial charge < -0.3 is 11.1 Å². The van der Waals surface area contributed by atoms with Crippen molar-refractivity contribution >= 4 is 67.7 Å². The number of hydrogen-bond donors (Lipinski definition) is 2. The maximum Gasteiger partial charge on any atom is 0.323 e. The van der Waals surface area contributed by atoms with Crippen molar-refractivity contribution in [2.24, 2.45) is 5.73 Å². The lowest BCUT2D eigenvalue weighted by Crippen LogP contribution is -2.31. The molecule has 0 heterocycles. The van der Waals surface area contributed by atoms with Crippen molar-refractivity contribution in [2.75, 3.05) is 10.2 Å². The number of hydrogen-bond acceptors (Lipinski definition) is 6. The summed E-state index contributed by atoms with van der Waals surface area (Å²) in [6.45, 7) is 0. The molecule has 0 aliphatic carbocycles. The second-order valence-electron chi connectivity index (χ2n) is 8.02. The number of urea groups is 1. The molecule has 0 fully saturated rings. The van der Waals surface area contributed by atoms with Gasteiger partial charge in [0, 0.05) is 17.8 Å². The number of anilines is 3. The molecule has 13 heteroatoms. The van der Waals surface area contributed by atoms with E-state index in [9.17, 15) is 28.1 Å². The van der Waals surface area contributed by atoms with Crippen LogP contribution in [0.5, 0.6) is 0 Å². The third-order valence-electron chi connectivity index (χ3n) is 5.56. The van der Waals surface area contributed by atoms with Gasteiger partial charge in [-0.3, -0.25) is 19.8 Å². The van der Waals surface area contributed by atoms with Gasteiger partial charge in [0.25, 0.3) is 11.6 Å². The Morgan fingerprint density at radius 1 is 0.795 bits per heavy atom. The molecule has 0 saturated heterocycles. The Kier molecular flexibility index (Phi) is 7.86. The van der Waals surface area contributed by atoms with E-state index >= 15 is 0 Å². The molecule has 4 aromatic rings. The number of halogens is 2. The molecule has 0 atom stereocenters. The van der Waals surface area contributed by atoms with Gasteiger partial charge in [-0.2, -0.15) is 0 Å². The molecular formula is C26H18Cl2N4O6S. The van der Waals surface area contributed by atoms with E-state index in [1.807, 2.05) is 0 Å². The molecule has 0 radical (unpaired) electrons. The van der Waals surface area contributed by atoms with E-state index in [1.165, 1.54) is 36.4 Å². The fraction of sp³-hybridized carbons (Fsp3) is 0. The zero-order chi connectivity index (χ0) is 28.3. The molecular weight excluding hydrogens is 567 g/mol. The first-order valence-electron chi connectivity index (χ1n) is 11.0. The molecule has 39 heavy (non-hydrogen) atoms. The largest absolute Gasteiger partial charge is 0.351 e. The predicted molar refractivity (Wildman–Crippen MR) is 148 cm³/mol. The Bertz CT molecular complexity index is 1660. The normalized spacial score (nSPS) is 11.0. The number of benzene rings is 4. The number of nitro benzene ring substituents is 1. The van der Waals surface area contributed by atoms with Crippen molar-refractivity contribution < 1.29 is 22.9 Å². The van der Waals surface area contributed by atoms with Crippen LogP contribution in [0.1, 0.15) is 10.4 Å². The first kappa shape index (κ1) is 27.6. The Hall–Kier alpha value is -4.45. The van der Waals surface area contributed by atoms with Crippen LogP contribution in [0.15, 0.2) is 101 Å². The summed E-state index contributed by atoms with van der Waals surface area (Å²) in [5.74, 6) is -0.519. The molecule has 0 spiro atoms. The van der Waals surface area contributed by atoms with Gasteiger partial charge in [-0.1, -0.05) is 29.3 Å². The van der Waals surface area contributed by atoms with Gasteiger partial charge in [0.2, 0.25) is 9.84 Å². The monoisotopic (exact) mass is 584 g/mol. The number of carbonyl (C=O) groups is 2. The van der Waals surface area contributed by atoms with Gasteiger partial charge in [0.05, 0.1) is 41.7 Å². The minimum absolute atomic E-state index is 0.0826. The number of amides is 3. The van der Waals surface area contributed by atoms with E-state index in [2.05, 4.69) is 5.32 Å². The number of sulfone groups is 1. The van der Waals surface area contributed by atoms with Crippen LogP contribution < -0.4 is 16.0 Å². The zero-order valence-corrected chi connectivity index (χ0v) is 22.1. The van der Waals surface area contributed by atoms with Gasteiger partial charge in [0.1, 0.15) is 0 Å². The molecule has 4 rings (SSSR count). The van der Waals surface area contributed by atoms with Crippen LogP contribution in [0.3, 0.4) is 0 Å². The number of nitrogens with zero attached hydrogens (tertiary/aromatic N) is 2. The summed E-state index contributed by atoms with van der Waals surface area (Å²) in [6, 6.07) is 19.9. The summed E-state index contributed by atoms with van der Waals surface area (Å²) in [4.78, 5) is 36.1. The van der Waals surface area contributed by atoms with E-state index in [-0.39, 0.29) is 36.8 Å². The third-order valence-corrected chi connectivity index (χ3v) is 7.97. The molecule has 3 N–H and O–H groups in total. The van der Waals surface area contributed by atoms with Crippen LogP contribution >= 0.6 is 23.2 Å². The lowest BCUT2D eigenvalue weighted by atomic mass is 10.2. The van der Waals surface area contributed by atoms with E-state index in [1.54, 1.807) is 30.3 Å². The quantitative estimate of drug-likeness (QED) is 0.194. The van der Waals surface area contributed by atoms with Crippen LogP contribution in [0.25, 0.3) is 0 Å². The number of primary amides is 1. The first-order valence-corrected chi connectivity index (χ1v) is 13.3. The van der Waals surface area contributed by atoms with Crippen LogP contribution in [0.2, 0.25) is 10.0 Å². The van der Waals surface area contributed by atoms with Gasteiger partial charge in [-0.15, -0.1) is 0 Å². The van der Waals surface area contributed by atoms with Gasteiger partial charge in [-0.25, -0.2) is 13.2 Å². The van der Waals surface area contributed by atoms with Crippen molar-refractivity contribution in [1.29, 1.82) is 0 Å². The highest BCUT2D eigenvalue weighted by molar-refractivity contribution is 7.91. The highest BCUT2D eigenvalue weighted by Crippen LogP contribution is 2.30. The second kappa shape index (κ2) is 11.1. The third kappa shape index (κ3) is 5.85. The molecule has 0 aromatic heterocycles. The summed E-state index contributed by atoms with van der Waals surface area (Å²) < 4.78 is 25.9. The van der Waals surface area contributed by atoms with Crippen LogP contribution in [0, 0.1) is 10.1 Å². The average molecular weight is 585 g/mol.